The molecule has 0 fully saturated rings. The first-order valence-electron chi connectivity index (χ1n) is 28.9. The normalized spacial score (nSPS) is 10.3. The zero-order valence-electron chi connectivity index (χ0n) is 45.6. The predicted molar refractivity (Wildman–Crippen MR) is 338 cm³/mol. The third-order valence-electron chi connectivity index (χ3n) is 12.2. The summed E-state index contributed by atoms with van der Waals surface area (Å²) >= 11 is 38.2. The first-order valence-corrected chi connectivity index (χ1v) is 32.1. The standard InChI is InChI=1S/4C14H29NS2.Mo/c4*1-2-3-4-5-6-7-8-9-10-11-12-13-15-14(16)17;/h4*2-13H2,1H3,(H2,15,16,17);/q;;;;+4/p-4. The van der Waals surface area contributed by atoms with Gasteiger partial charge in [-0.05, 0) is 25.7 Å². The van der Waals surface area contributed by atoms with Crippen LogP contribution in [0, 0.1) is 0 Å². The van der Waals surface area contributed by atoms with Gasteiger partial charge in [0.15, 0.2) is 0 Å². The minimum Gasteiger partial charge on any atom is -0.412 e. The summed E-state index contributed by atoms with van der Waals surface area (Å²) in [6.07, 6.45) is 60.7. The van der Waals surface area contributed by atoms with Crippen molar-refractivity contribution in [2.45, 2.75) is 310 Å². The fourth-order valence-corrected chi connectivity index (χ4v) is 8.74. The molecule has 0 amide bonds. The maximum atomic E-state index is 4.78. The topological polar surface area (TPSA) is 48.1 Å². The largest absolute Gasteiger partial charge is 4.00 e. The molecule has 0 aliphatic heterocycles. The van der Waals surface area contributed by atoms with Crippen molar-refractivity contribution >= 4 is 117 Å². The van der Waals surface area contributed by atoms with Crippen molar-refractivity contribution in [2.24, 2.45) is 0 Å². The summed E-state index contributed by atoms with van der Waals surface area (Å²) < 4.78 is 2.04. The van der Waals surface area contributed by atoms with Gasteiger partial charge in [-0.1, -0.05) is 302 Å². The zero-order valence-corrected chi connectivity index (χ0v) is 54.2. The van der Waals surface area contributed by atoms with Crippen molar-refractivity contribution in [2.75, 3.05) is 26.2 Å². The molecule has 0 radical (unpaired) electrons. The molecule has 0 unspecified atom stereocenters. The maximum Gasteiger partial charge on any atom is 4.00 e. The Labute approximate surface area is 490 Å². The van der Waals surface area contributed by atoms with Gasteiger partial charge in [-0.2, -0.15) is 0 Å². The number of hydrogen-bond donors (Lipinski definition) is 4. The molecule has 0 saturated heterocycles. The molecule has 0 spiro atoms. The van der Waals surface area contributed by atoms with Crippen LogP contribution in [0.15, 0.2) is 0 Å². The van der Waals surface area contributed by atoms with Crippen LogP contribution in [0.4, 0.5) is 0 Å². The van der Waals surface area contributed by atoms with E-state index in [4.69, 9.17) is 99.4 Å². The van der Waals surface area contributed by atoms with E-state index in [0.29, 0.717) is 17.3 Å². The molecule has 410 valence electrons. The SMILES string of the molecule is CCCCCCCCCCCCCNC(=S)[S-].CCCCCCCCCCCCCNC(=S)[S-].CCCCCCCCCCCCCNC(=S)[S-].CCCCCCCCCCCCCNC(=S)[S-].[Mo+4]. The summed E-state index contributed by atoms with van der Waals surface area (Å²) in [6.45, 7) is 12.9. The molecule has 0 rings (SSSR count). The van der Waals surface area contributed by atoms with Crippen LogP contribution in [-0.4, -0.2) is 43.5 Å². The van der Waals surface area contributed by atoms with Gasteiger partial charge in [0.2, 0.25) is 0 Å². The molecule has 0 bridgehead atoms. The molecule has 0 aromatic heterocycles. The summed E-state index contributed by atoms with van der Waals surface area (Å²) in [5.41, 5.74) is 0. The predicted octanol–water partition coefficient (Wildman–Crippen LogP) is 18.9. The third kappa shape index (κ3) is 95.4. The summed E-state index contributed by atoms with van der Waals surface area (Å²) in [5, 5.41) is 12.1. The van der Waals surface area contributed by atoms with E-state index in [2.05, 4.69) is 49.0 Å². The zero-order chi connectivity index (χ0) is 51.1. The monoisotopic (exact) mass is 1190 g/mol. The molecule has 0 saturated carbocycles. The van der Waals surface area contributed by atoms with Gasteiger partial charge >= 0.3 is 21.1 Å². The Morgan fingerprint density at radius 3 is 0.420 bits per heavy atom. The van der Waals surface area contributed by atoms with Crippen molar-refractivity contribution in [3.63, 3.8) is 0 Å². The van der Waals surface area contributed by atoms with Gasteiger partial charge in [0.05, 0.1) is 0 Å². The number of hydrogen-bond acceptors (Lipinski definition) is 8. The van der Waals surface area contributed by atoms with Crippen molar-refractivity contribution < 1.29 is 21.1 Å². The minimum absolute atomic E-state index is 0. The molecule has 4 N–H and O–H groups in total. The molecule has 13 heteroatoms. The Morgan fingerprint density at radius 2 is 0.319 bits per heavy atom. The van der Waals surface area contributed by atoms with E-state index >= 15 is 0 Å². The Bertz CT molecular complexity index is 846. The van der Waals surface area contributed by atoms with Gasteiger partial charge in [-0.3, -0.25) is 0 Å². The molecular weight excluding hydrogens is 1080 g/mol. The average molecular weight is 1190 g/mol. The van der Waals surface area contributed by atoms with Gasteiger partial charge in [0, 0.05) is 26.2 Å². The second kappa shape index (κ2) is 75.6. The van der Waals surface area contributed by atoms with E-state index in [1.165, 1.54) is 283 Å². The third-order valence-corrected chi connectivity index (χ3v) is 13.4. The molecule has 0 heterocycles. The molecule has 0 aromatic carbocycles. The van der Waals surface area contributed by atoms with Crippen LogP contribution in [0.25, 0.3) is 0 Å². The average Bonchev–Trinajstić information content (AvgIpc) is 3.30. The Morgan fingerprint density at radius 1 is 0.217 bits per heavy atom. The quantitative estimate of drug-likeness (QED) is 0.0203. The van der Waals surface area contributed by atoms with E-state index in [9.17, 15) is 0 Å². The second-order valence-corrected chi connectivity index (χ2v) is 23.3. The summed E-state index contributed by atoms with van der Waals surface area (Å²) in [5.74, 6) is 0. The Kier molecular flexibility index (Phi) is 86.6. The van der Waals surface area contributed by atoms with E-state index in [1.807, 2.05) is 0 Å². The number of unbranched alkanes of at least 4 members (excludes halogenated alkanes) is 40. The van der Waals surface area contributed by atoms with Crippen LogP contribution >= 0.6 is 48.9 Å². The Balaban J connectivity index is -0.000000263. The maximum absolute atomic E-state index is 4.78. The van der Waals surface area contributed by atoms with E-state index < -0.39 is 0 Å². The van der Waals surface area contributed by atoms with Gasteiger partial charge < -0.3 is 121 Å². The minimum atomic E-state index is 0. The van der Waals surface area contributed by atoms with Crippen molar-refractivity contribution in [3.05, 3.63) is 0 Å². The molecule has 4 nitrogen and oxygen atoms in total. The number of thiocarbonyl (C=S) groups is 4. The first-order chi connectivity index (χ1) is 33.1. The van der Waals surface area contributed by atoms with Gasteiger partial charge in [0.25, 0.3) is 0 Å². The van der Waals surface area contributed by atoms with Crippen molar-refractivity contribution in [3.8, 4) is 0 Å². The van der Waals surface area contributed by atoms with Crippen molar-refractivity contribution in [1.82, 2.24) is 21.3 Å². The fourth-order valence-electron chi connectivity index (χ4n) is 7.92. The summed E-state index contributed by atoms with van der Waals surface area (Å²) in [7, 11) is 0. The van der Waals surface area contributed by atoms with E-state index in [0.717, 1.165) is 26.2 Å². The molecule has 69 heavy (non-hydrogen) atoms. The molecule has 0 atom stereocenters. The first kappa shape index (κ1) is 79.0. The Hall–Kier alpha value is 1.13. The smallest absolute Gasteiger partial charge is 0.412 e. The molecule has 0 aliphatic rings. The molecule has 0 aromatic rings. The molecular formula is C56H112MoN4S8. The van der Waals surface area contributed by atoms with Crippen LogP contribution in [0.3, 0.4) is 0 Å². The van der Waals surface area contributed by atoms with E-state index in [-0.39, 0.29) is 21.1 Å². The second-order valence-electron chi connectivity index (χ2n) is 19.0. The summed E-state index contributed by atoms with van der Waals surface area (Å²) in [4.78, 5) is 0. The fraction of sp³-hybridized carbons (Fsp3) is 0.929. The van der Waals surface area contributed by atoms with Gasteiger partial charge in [-0.15, -0.1) is 0 Å². The van der Waals surface area contributed by atoms with Crippen LogP contribution in [0.1, 0.15) is 310 Å². The van der Waals surface area contributed by atoms with Crippen LogP contribution < -0.4 is 21.3 Å². The summed E-state index contributed by atoms with van der Waals surface area (Å²) in [6, 6.07) is 0. The van der Waals surface area contributed by atoms with E-state index in [1.54, 1.807) is 0 Å². The molecule has 0 aliphatic carbocycles. The number of nitrogens with one attached hydrogen (secondary N) is 4. The number of rotatable bonds is 48. The van der Waals surface area contributed by atoms with Crippen LogP contribution in [-0.2, 0) is 71.6 Å². The van der Waals surface area contributed by atoms with Crippen LogP contribution in [0.2, 0.25) is 0 Å². The van der Waals surface area contributed by atoms with Gasteiger partial charge in [0.1, 0.15) is 0 Å². The van der Waals surface area contributed by atoms with Crippen molar-refractivity contribution in [1.29, 1.82) is 0 Å². The van der Waals surface area contributed by atoms with Crippen LogP contribution in [0.5, 0.6) is 0 Å². The van der Waals surface area contributed by atoms with Gasteiger partial charge in [-0.25, -0.2) is 0 Å².